The molecule has 0 bridgehead atoms. The van der Waals surface area contributed by atoms with Crippen LogP contribution in [-0.2, 0) is 4.79 Å². The zero-order valence-corrected chi connectivity index (χ0v) is 20.5. The minimum atomic E-state index is -0.227. The number of Topliss-reactive ketones (excluding diaryl/α,β-unsaturated/α-hetero) is 1. The normalized spacial score (nSPS) is 19.0. The molecule has 1 aliphatic carbocycles. The van der Waals surface area contributed by atoms with Crippen LogP contribution in [0.1, 0.15) is 41.5 Å². The van der Waals surface area contributed by atoms with Crippen molar-refractivity contribution in [3.05, 3.63) is 88.6 Å². The van der Waals surface area contributed by atoms with Crippen LogP contribution in [0.2, 0.25) is 0 Å². The quantitative estimate of drug-likeness (QED) is 0.477. The number of nitrogens with one attached hydrogen (secondary N) is 2. The molecule has 3 aromatic rings. The largest absolute Gasteiger partial charge is 0.493 e. The van der Waals surface area contributed by atoms with Crippen molar-refractivity contribution in [2.24, 2.45) is 0 Å². The van der Waals surface area contributed by atoms with Gasteiger partial charge in [-0.15, -0.1) is 0 Å². The van der Waals surface area contributed by atoms with E-state index in [1.165, 1.54) is 5.56 Å². The molecule has 0 radical (unpaired) electrons. The molecule has 6 nitrogen and oxygen atoms in total. The van der Waals surface area contributed by atoms with Gasteiger partial charge in [-0.05, 0) is 54.7 Å². The summed E-state index contributed by atoms with van der Waals surface area (Å²) in [6.45, 7) is 2.07. The van der Waals surface area contributed by atoms with Gasteiger partial charge in [-0.2, -0.15) is 0 Å². The van der Waals surface area contributed by atoms with E-state index < -0.39 is 0 Å². The molecule has 1 aliphatic heterocycles. The van der Waals surface area contributed by atoms with Gasteiger partial charge in [0.25, 0.3) is 0 Å². The van der Waals surface area contributed by atoms with Gasteiger partial charge in [0, 0.05) is 17.7 Å². The van der Waals surface area contributed by atoms with E-state index in [9.17, 15) is 4.79 Å². The Morgan fingerprint density at radius 3 is 2.09 bits per heavy atom. The highest BCUT2D eigenvalue weighted by atomic mass is 16.5. The van der Waals surface area contributed by atoms with E-state index in [2.05, 4.69) is 41.8 Å². The maximum atomic E-state index is 13.8. The fourth-order valence-corrected chi connectivity index (χ4v) is 5.07. The number of fused-ring (bicyclic) bond motifs is 1. The number of para-hydroxylation sites is 2. The SMILES string of the molecule is COc1cc([C@H]2CC(=O)C3=C(C2)Nc2ccccc2N[C@H]3c2ccc(C)cc2)cc(OC)c1OC. The lowest BCUT2D eigenvalue weighted by Crippen LogP contribution is -2.27. The number of benzene rings is 3. The highest BCUT2D eigenvalue weighted by Gasteiger charge is 2.36. The fourth-order valence-electron chi connectivity index (χ4n) is 5.07. The summed E-state index contributed by atoms with van der Waals surface area (Å²) in [7, 11) is 4.80. The first kappa shape index (κ1) is 22.8. The van der Waals surface area contributed by atoms with E-state index in [0.29, 0.717) is 30.1 Å². The summed E-state index contributed by atoms with van der Waals surface area (Å²) in [5.41, 5.74) is 6.93. The molecule has 0 saturated heterocycles. The van der Waals surface area contributed by atoms with Crippen molar-refractivity contribution in [1.82, 2.24) is 0 Å². The van der Waals surface area contributed by atoms with Crippen LogP contribution in [0.4, 0.5) is 11.4 Å². The van der Waals surface area contributed by atoms with Crippen molar-refractivity contribution in [2.75, 3.05) is 32.0 Å². The number of aryl methyl sites for hydroxylation is 1. The summed E-state index contributed by atoms with van der Waals surface area (Å²) in [6.07, 6.45) is 1.09. The fraction of sp³-hybridized carbons (Fsp3) is 0.276. The molecule has 0 spiro atoms. The lowest BCUT2D eigenvalue weighted by molar-refractivity contribution is -0.116. The molecular weight excluding hydrogens is 440 g/mol. The lowest BCUT2D eigenvalue weighted by Gasteiger charge is -2.30. The minimum absolute atomic E-state index is 0.0219. The third-order valence-electron chi connectivity index (χ3n) is 6.88. The first-order valence-electron chi connectivity index (χ1n) is 11.8. The highest BCUT2D eigenvalue weighted by Crippen LogP contribution is 2.47. The van der Waals surface area contributed by atoms with E-state index >= 15 is 0 Å². The van der Waals surface area contributed by atoms with Crippen LogP contribution in [-0.4, -0.2) is 27.1 Å². The Labute approximate surface area is 205 Å². The Kier molecular flexibility index (Phi) is 6.12. The Morgan fingerprint density at radius 1 is 0.800 bits per heavy atom. The van der Waals surface area contributed by atoms with Crippen molar-refractivity contribution in [1.29, 1.82) is 0 Å². The minimum Gasteiger partial charge on any atom is -0.493 e. The molecule has 180 valence electrons. The van der Waals surface area contributed by atoms with E-state index in [0.717, 1.165) is 33.8 Å². The number of ether oxygens (including phenoxy) is 3. The zero-order valence-electron chi connectivity index (χ0n) is 20.5. The molecule has 0 fully saturated rings. The molecule has 3 aromatic carbocycles. The van der Waals surface area contributed by atoms with Gasteiger partial charge < -0.3 is 24.8 Å². The summed E-state index contributed by atoms with van der Waals surface area (Å²) in [4.78, 5) is 13.8. The third kappa shape index (κ3) is 4.20. The first-order chi connectivity index (χ1) is 17.0. The summed E-state index contributed by atoms with van der Waals surface area (Å²) < 4.78 is 16.6. The van der Waals surface area contributed by atoms with Gasteiger partial charge in [-0.1, -0.05) is 42.0 Å². The average molecular weight is 471 g/mol. The van der Waals surface area contributed by atoms with Crippen molar-refractivity contribution in [2.45, 2.75) is 31.7 Å². The number of allylic oxidation sites excluding steroid dienone is 1. The second-order valence-electron chi connectivity index (χ2n) is 9.04. The number of carbonyl (C=O) groups is 1. The summed E-state index contributed by atoms with van der Waals surface area (Å²) in [5, 5.41) is 7.22. The molecule has 2 N–H and O–H groups in total. The molecule has 2 atom stereocenters. The second-order valence-corrected chi connectivity index (χ2v) is 9.04. The molecule has 5 rings (SSSR count). The van der Waals surface area contributed by atoms with Crippen LogP contribution in [0.5, 0.6) is 17.2 Å². The lowest BCUT2D eigenvalue weighted by atomic mass is 9.78. The van der Waals surface area contributed by atoms with E-state index in [-0.39, 0.29) is 17.7 Å². The average Bonchev–Trinajstić information content (AvgIpc) is 3.05. The summed E-state index contributed by atoms with van der Waals surface area (Å²) >= 11 is 0. The monoisotopic (exact) mass is 470 g/mol. The molecule has 0 unspecified atom stereocenters. The molecule has 0 aromatic heterocycles. The smallest absolute Gasteiger partial charge is 0.203 e. The van der Waals surface area contributed by atoms with Gasteiger partial charge in [-0.25, -0.2) is 0 Å². The van der Waals surface area contributed by atoms with Gasteiger partial charge in [0.2, 0.25) is 5.75 Å². The van der Waals surface area contributed by atoms with E-state index in [1.807, 2.05) is 36.4 Å². The standard InChI is InChI=1S/C29H30N2O4/c1-17-9-11-18(12-10-17)28-27-23(30-21-7-5-6-8-22(21)31-28)13-19(14-24(27)32)20-15-25(33-2)29(35-4)26(16-20)34-3/h5-12,15-16,19,28,30-31H,13-14H2,1-4H3/t19-,28+/m1/s1. The summed E-state index contributed by atoms with van der Waals surface area (Å²) in [6, 6.07) is 20.1. The van der Waals surface area contributed by atoms with Crippen LogP contribution in [0.3, 0.4) is 0 Å². The zero-order chi connectivity index (χ0) is 24.5. The number of hydrogen-bond donors (Lipinski definition) is 2. The van der Waals surface area contributed by atoms with Crippen molar-refractivity contribution < 1.29 is 19.0 Å². The molecular formula is C29H30N2O4. The van der Waals surface area contributed by atoms with Crippen molar-refractivity contribution >= 4 is 17.2 Å². The number of ketones is 1. The first-order valence-corrected chi connectivity index (χ1v) is 11.8. The van der Waals surface area contributed by atoms with Crippen LogP contribution < -0.4 is 24.8 Å². The predicted molar refractivity (Wildman–Crippen MR) is 138 cm³/mol. The van der Waals surface area contributed by atoms with Gasteiger partial charge in [0.1, 0.15) is 0 Å². The molecule has 6 heteroatoms. The number of carbonyl (C=O) groups excluding carboxylic acids is 1. The maximum absolute atomic E-state index is 13.8. The maximum Gasteiger partial charge on any atom is 0.203 e. The van der Waals surface area contributed by atoms with Crippen LogP contribution in [0.15, 0.2) is 71.9 Å². The Hall–Kier alpha value is -3.93. The van der Waals surface area contributed by atoms with Crippen LogP contribution in [0, 0.1) is 6.92 Å². The third-order valence-corrected chi connectivity index (χ3v) is 6.88. The molecule has 0 amide bonds. The highest BCUT2D eigenvalue weighted by molar-refractivity contribution is 6.01. The molecule has 2 aliphatic rings. The number of hydrogen-bond acceptors (Lipinski definition) is 6. The van der Waals surface area contributed by atoms with Gasteiger partial charge in [0.05, 0.1) is 38.7 Å². The molecule has 35 heavy (non-hydrogen) atoms. The van der Waals surface area contributed by atoms with E-state index in [1.54, 1.807) is 21.3 Å². The van der Waals surface area contributed by atoms with E-state index in [4.69, 9.17) is 14.2 Å². The topological polar surface area (TPSA) is 68.8 Å². The Morgan fingerprint density at radius 2 is 1.46 bits per heavy atom. The summed E-state index contributed by atoms with van der Waals surface area (Å²) in [5.74, 6) is 1.83. The van der Waals surface area contributed by atoms with Crippen LogP contribution >= 0.6 is 0 Å². The Bertz CT molecular complexity index is 1270. The number of anilines is 2. The molecule has 1 heterocycles. The predicted octanol–water partition coefficient (Wildman–Crippen LogP) is 6.00. The molecule has 0 saturated carbocycles. The van der Waals surface area contributed by atoms with Gasteiger partial charge >= 0.3 is 0 Å². The number of methoxy groups -OCH3 is 3. The number of rotatable bonds is 5. The van der Waals surface area contributed by atoms with Crippen LogP contribution in [0.25, 0.3) is 0 Å². The van der Waals surface area contributed by atoms with Crippen molar-refractivity contribution in [3.8, 4) is 17.2 Å². The van der Waals surface area contributed by atoms with Gasteiger partial charge in [0.15, 0.2) is 17.3 Å². The van der Waals surface area contributed by atoms with Crippen molar-refractivity contribution in [3.63, 3.8) is 0 Å². The second kappa shape index (κ2) is 9.37. The van der Waals surface area contributed by atoms with Gasteiger partial charge in [-0.3, -0.25) is 4.79 Å². The Balaban J connectivity index is 1.59.